The largest absolute Gasteiger partial charge is 0.451 e. The summed E-state index contributed by atoms with van der Waals surface area (Å²) in [5.41, 5.74) is 6.89. The molecule has 2 amide bonds. The van der Waals surface area contributed by atoms with Crippen molar-refractivity contribution in [1.29, 1.82) is 0 Å². The van der Waals surface area contributed by atoms with E-state index in [1.54, 1.807) is 0 Å². The van der Waals surface area contributed by atoms with E-state index in [9.17, 15) is 9.59 Å². The molecule has 1 heterocycles. The van der Waals surface area contributed by atoms with Crippen molar-refractivity contribution in [3.8, 4) is 0 Å². The summed E-state index contributed by atoms with van der Waals surface area (Å²) in [5, 5.41) is 0.891. The normalized spacial score (nSPS) is 14.9. The summed E-state index contributed by atoms with van der Waals surface area (Å²) in [6.45, 7) is 1.83. The first kappa shape index (κ1) is 15.4. The Hall–Kier alpha value is -3.08. The molecule has 5 heteroatoms. The third-order valence-corrected chi connectivity index (χ3v) is 4.85. The van der Waals surface area contributed by atoms with Gasteiger partial charge in [-0.3, -0.25) is 20.4 Å². The molecule has 1 fully saturated rings. The van der Waals surface area contributed by atoms with Crippen LogP contribution in [0, 0.1) is 6.92 Å². The minimum absolute atomic E-state index is 0.194. The van der Waals surface area contributed by atoms with E-state index in [4.69, 9.17) is 4.42 Å². The average molecular weight is 334 g/mol. The Bertz CT molecular complexity index is 955. The lowest BCUT2D eigenvalue weighted by molar-refractivity contribution is -0.124. The van der Waals surface area contributed by atoms with Crippen molar-refractivity contribution in [3.05, 3.63) is 71.5 Å². The zero-order chi connectivity index (χ0) is 17.4. The number of para-hydroxylation sites is 1. The first-order valence-corrected chi connectivity index (χ1v) is 8.26. The molecule has 0 unspecified atom stereocenters. The van der Waals surface area contributed by atoms with Crippen LogP contribution in [0.5, 0.6) is 0 Å². The number of aryl methyl sites for hydroxylation is 1. The average Bonchev–Trinajstić information content (AvgIpc) is 3.40. The maximum absolute atomic E-state index is 12.6. The van der Waals surface area contributed by atoms with Crippen molar-refractivity contribution in [3.63, 3.8) is 0 Å². The molecule has 1 saturated carbocycles. The van der Waals surface area contributed by atoms with E-state index in [0.717, 1.165) is 29.4 Å². The molecule has 4 rings (SSSR count). The zero-order valence-corrected chi connectivity index (χ0v) is 13.8. The second-order valence-corrected chi connectivity index (χ2v) is 6.41. The summed E-state index contributed by atoms with van der Waals surface area (Å²) in [6, 6.07) is 17.1. The minimum Gasteiger partial charge on any atom is -0.451 e. The van der Waals surface area contributed by atoms with Gasteiger partial charge >= 0.3 is 5.91 Å². The number of fused-ring (bicyclic) bond motifs is 1. The third-order valence-electron chi connectivity index (χ3n) is 4.85. The lowest BCUT2D eigenvalue weighted by Crippen LogP contribution is -2.46. The molecule has 0 aliphatic heterocycles. The van der Waals surface area contributed by atoms with Gasteiger partial charge in [0.05, 0.1) is 5.41 Å². The van der Waals surface area contributed by atoms with Crippen molar-refractivity contribution in [2.24, 2.45) is 0 Å². The Balaban J connectivity index is 1.48. The van der Waals surface area contributed by atoms with E-state index in [1.807, 2.05) is 61.5 Å². The molecular weight excluding hydrogens is 316 g/mol. The third kappa shape index (κ3) is 2.58. The fraction of sp³-hybridized carbons (Fsp3) is 0.200. The number of hydrogen-bond acceptors (Lipinski definition) is 3. The van der Waals surface area contributed by atoms with Crippen LogP contribution in [0.15, 0.2) is 59.0 Å². The Morgan fingerprint density at radius 1 is 0.960 bits per heavy atom. The van der Waals surface area contributed by atoms with Crippen LogP contribution >= 0.6 is 0 Å². The van der Waals surface area contributed by atoms with E-state index >= 15 is 0 Å². The standard InChI is InChI=1S/C20H18N2O3/c1-13-15-9-5-6-10-16(15)25-17(13)18(23)21-22-19(24)20(11-12-20)14-7-3-2-4-8-14/h2-10H,11-12H2,1H3,(H,21,23)(H,22,24). The fourth-order valence-corrected chi connectivity index (χ4v) is 3.21. The van der Waals surface area contributed by atoms with Gasteiger partial charge in [-0.25, -0.2) is 0 Å². The highest BCUT2D eigenvalue weighted by molar-refractivity contribution is 6.00. The molecule has 25 heavy (non-hydrogen) atoms. The molecule has 0 saturated heterocycles. The van der Waals surface area contributed by atoms with Crippen molar-refractivity contribution in [1.82, 2.24) is 10.9 Å². The Labute approximate surface area is 145 Å². The summed E-state index contributed by atoms with van der Waals surface area (Å²) < 4.78 is 5.62. The second kappa shape index (κ2) is 5.77. The summed E-state index contributed by atoms with van der Waals surface area (Å²) in [7, 11) is 0. The molecule has 5 nitrogen and oxygen atoms in total. The lowest BCUT2D eigenvalue weighted by atomic mass is 9.95. The second-order valence-electron chi connectivity index (χ2n) is 6.41. The van der Waals surface area contributed by atoms with Gasteiger partial charge < -0.3 is 4.42 Å². The molecular formula is C20H18N2O3. The van der Waals surface area contributed by atoms with Crippen molar-refractivity contribution in [2.75, 3.05) is 0 Å². The van der Waals surface area contributed by atoms with Crippen LogP contribution in [-0.2, 0) is 10.2 Å². The molecule has 1 aromatic heterocycles. The zero-order valence-electron chi connectivity index (χ0n) is 13.8. The van der Waals surface area contributed by atoms with Crippen LogP contribution in [0.25, 0.3) is 11.0 Å². The fourth-order valence-electron chi connectivity index (χ4n) is 3.21. The number of carbonyl (C=O) groups is 2. The Morgan fingerprint density at radius 3 is 2.32 bits per heavy atom. The molecule has 1 aliphatic carbocycles. The summed E-state index contributed by atoms with van der Waals surface area (Å²) in [5.74, 6) is -0.433. The topological polar surface area (TPSA) is 71.3 Å². The highest BCUT2D eigenvalue weighted by Crippen LogP contribution is 2.48. The molecule has 126 valence electrons. The Kier molecular flexibility index (Phi) is 3.57. The smallest absolute Gasteiger partial charge is 0.305 e. The monoisotopic (exact) mass is 334 g/mol. The number of furan rings is 1. The summed E-state index contributed by atoms with van der Waals surface area (Å²) >= 11 is 0. The van der Waals surface area contributed by atoms with E-state index in [1.165, 1.54) is 0 Å². The highest BCUT2D eigenvalue weighted by atomic mass is 16.3. The molecule has 3 aromatic rings. The van der Waals surface area contributed by atoms with Gasteiger partial charge in [-0.05, 0) is 31.4 Å². The quantitative estimate of drug-likeness (QED) is 0.722. The van der Waals surface area contributed by atoms with Crippen molar-refractivity contribution >= 4 is 22.8 Å². The first-order valence-electron chi connectivity index (χ1n) is 8.26. The molecule has 2 N–H and O–H groups in total. The van der Waals surface area contributed by atoms with E-state index in [-0.39, 0.29) is 11.7 Å². The first-order chi connectivity index (χ1) is 12.1. The Morgan fingerprint density at radius 2 is 1.64 bits per heavy atom. The number of nitrogens with one attached hydrogen (secondary N) is 2. The molecule has 0 atom stereocenters. The van der Waals surface area contributed by atoms with E-state index in [0.29, 0.717) is 5.58 Å². The van der Waals surface area contributed by atoms with Gasteiger partial charge in [-0.1, -0.05) is 48.5 Å². The SMILES string of the molecule is Cc1c(C(=O)NNC(=O)C2(c3ccccc3)CC2)oc2ccccc12. The highest BCUT2D eigenvalue weighted by Gasteiger charge is 2.51. The van der Waals surface area contributed by atoms with Crippen LogP contribution in [0.3, 0.4) is 0 Å². The van der Waals surface area contributed by atoms with Crippen LogP contribution in [0.4, 0.5) is 0 Å². The van der Waals surface area contributed by atoms with Gasteiger partial charge in [-0.2, -0.15) is 0 Å². The van der Waals surface area contributed by atoms with Gasteiger partial charge in [0.2, 0.25) is 5.91 Å². The lowest BCUT2D eigenvalue weighted by Gasteiger charge is -2.15. The van der Waals surface area contributed by atoms with Crippen LogP contribution in [0.1, 0.15) is 34.5 Å². The maximum atomic E-state index is 12.6. The van der Waals surface area contributed by atoms with Crippen LogP contribution in [-0.4, -0.2) is 11.8 Å². The minimum atomic E-state index is -0.530. The number of amides is 2. The van der Waals surface area contributed by atoms with E-state index < -0.39 is 11.3 Å². The van der Waals surface area contributed by atoms with E-state index in [2.05, 4.69) is 10.9 Å². The van der Waals surface area contributed by atoms with Gasteiger partial charge in [-0.15, -0.1) is 0 Å². The van der Waals surface area contributed by atoms with Crippen LogP contribution < -0.4 is 10.9 Å². The van der Waals surface area contributed by atoms with Crippen LogP contribution in [0.2, 0.25) is 0 Å². The maximum Gasteiger partial charge on any atom is 0.305 e. The number of benzene rings is 2. The van der Waals surface area contributed by atoms with Gasteiger partial charge in [0.15, 0.2) is 5.76 Å². The summed E-state index contributed by atoms with van der Waals surface area (Å²) in [6.07, 6.45) is 1.56. The van der Waals surface area contributed by atoms with Gasteiger partial charge in [0.1, 0.15) is 5.58 Å². The molecule has 1 aliphatic rings. The van der Waals surface area contributed by atoms with Gasteiger partial charge in [0.25, 0.3) is 0 Å². The number of hydrazine groups is 1. The molecule has 0 radical (unpaired) electrons. The molecule has 2 aromatic carbocycles. The summed E-state index contributed by atoms with van der Waals surface area (Å²) in [4.78, 5) is 25.0. The van der Waals surface area contributed by atoms with Crippen molar-refractivity contribution in [2.45, 2.75) is 25.2 Å². The number of rotatable bonds is 3. The molecule has 0 spiro atoms. The van der Waals surface area contributed by atoms with Gasteiger partial charge in [0, 0.05) is 10.9 Å². The number of hydrogen-bond donors (Lipinski definition) is 2. The molecule has 0 bridgehead atoms. The number of carbonyl (C=O) groups excluding carboxylic acids is 2. The van der Waals surface area contributed by atoms with Crippen molar-refractivity contribution < 1.29 is 14.0 Å². The predicted molar refractivity (Wildman–Crippen MR) is 93.9 cm³/mol. The predicted octanol–water partition coefficient (Wildman–Crippen LogP) is 3.23.